The number of alkyl halides is 3. The van der Waals surface area contributed by atoms with Gasteiger partial charge in [-0.1, -0.05) is 17.7 Å². The van der Waals surface area contributed by atoms with Gasteiger partial charge in [-0.15, -0.1) is 22.7 Å². The van der Waals surface area contributed by atoms with Crippen LogP contribution in [-0.4, -0.2) is 14.3 Å². The first-order valence-electron chi connectivity index (χ1n) is 7.40. The molecule has 5 nitrogen and oxygen atoms in total. The number of thiophene rings is 2. The summed E-state index contributed by atoms with van der Waals surface area (Å²) in [6.45, 7) is 0. The second kappa shape index (κ2) is 7.74. The van der Waals surface area contributed by atoms with Crippen LogP contribution >= 0.6 is 34.3 Å². The number of nitrogens with one attached hydrogen (secondary N) is 2. The molecule has 148 valence electrons. The fourth-order valence-corrected chi connectivity index (χ4v) is 5.53. The predicted molar refractivity (Wildman–Crippen MR) is 104 cm³/mol. The van der Waals surface area contributed by atoms with E-state index in [0.717, 1.165) is 40.9 Å². The first kappa shape index (κ1) is 20.6. The molecule has 3 rings (SSSR count). The Morgan fingerprint density at radius 1 is 1.11 bits per heavy atom. The number of carbonyl (C=O) groups is 1. The van der Waals surface area contributed by atoms with Crippen LogP contribution in [0, 0.1) is 0 Å². The van der Waals surface area contributed by atoms with Crippen molar-refractivity contribution in [2.24, 2.45) is 0 Å². The zero-order valence-electron chi connectivity index (χ0n) is 13.6. The van der Waals surface area contributed by atoms with Gasteiger partial charge in [0.25, 0.3) is 15.9 Å². The lowest BCUT2D eigenvalue weighted by atomic mass is 10.2. The number of hydrogen-bond donors (Lipinski definition) is 2. The van der Waals surface area contributed by atoms with Gasteiger partial charge in [-0.25, -0.2) is 8.42 Å². The molecule has 0 saturated carbocycles. The van der Waals surface area contributed by atoms with Gasteiger partial charge >= 0.3 is 6.18 Å². The summed E-state index contributed by atoms with van der Waals surface area (Å²) < 4.78 is 65.7. The maximum atomic E-state index is 12.8. The summed E-state index contributed by atoms with van der Waals surface area (Å²) in [4.78, 5) is 12.5. The van der Waals surface area contributed by atoms with Gasteiger partial charge < -0.3 is 5.32 Å². The molecule has 0 atom stereocenters. The van der Waals surface area contributed by atoms with Crippen molar-refractivity contribution in [3.63, 3.8) is 0 Å². The number of rotatable bonds is 5. The summed E-state index contributed by atoms with van der Waals surface area (Å²) in [7, 11) is -3.96. The molecule has 0 aliphatic rings. The first-order valence-corrected chi connectivity index (χ1v) is 11.0. The van der Waals surface area contributed by atoms with Crippen LogP contribution in [0.5, 0.6) is 0 Å². The maximum Gasteiger partial charge on any atom is 0.416 e. The van der Waals surface area contributed by atoms with E-state index in [0.29, 0.717) is 0 Å². The van der Waals surface area contributed by atoms with Crippen molar-refractivity contribution in [3.05, 3.63) is 62.6 Å². The van der Waals surface area contributed by atoms with E-state index in [4.69, 9.17) is 11.6 Å². The van der Waals surface area contributed by atoms with Crippen molar-refractivity contribution in [1.29, 1.82) is 0 Å². The Morgan fingerprint density at radius 2 is 1.86 bits per heavy atom. The van der Waals surface area contributed by atoms with Gasteiger partial charge in [-0.05, 0) is 41.8 Å². The van der Waals surface area contributed by atoms with Crippen LogP contribution in [0.4, 0.5) is 24.5 Å². The summed E-state index contributed by atoms with van der Waals surface area (Å²) in [5, 5.41) is 3.83. The molecule has 3 aromatic rings. The zero-order chi connectivity index (χ0) is 20.5. The molecule has 1 amide bonds. The largest absolute Gasteiger partial charge is 0.416 e. The zero-order valence-corrected chi connectivity index (χ0v) is 16.8. The quantitative estimate of drug-likeness (QED) is 0.518. The monoisotopic (exact) mass is 466 g/mol. The molecule has 2 aromatic heterocycles. The molecule has 0 spiro atoms. The van der Waals surface area contributed by atoms with Crippen molar-refractivity contribution in [3.8, 4) is 0 Å². The predicted octanol–water partition coefficient (Wildman–Crippen LogP) is 5.53. The number of anilines is 2. The van der Waals surface area contributed by atoms with E-state index >= 15 is 0 Å². The molecule has 0 radical (unpaired) electrons. The molecule has 0 aliphatic carbocycles. The minimum absolute atomic E-state index is 0.00337. The molecule has 0 unspecified atom stereocenters. The maximum absolute atomic E-state index is 12.8. The molecule has 2 N–H and O–H groups in total. The molecule has 1 aromatic carbocycles. The Labute approximate surface area is 170 Å². The van der Waals surface area contributed by atoms with Crippen LogP contribution in [0.15, 0.2) is 52.1 Å². The van der Waals surface area contributed by atoms with Crippen molar-refractivity contribution in [1.82, 2.24) is 0 Å². The lowest BCUT2D eigenvalue weighted by molar-refractivity contribution is -0.137. The summed E-state index contributed by atoms with van der Waals surface area (Å²) in [5.41, 5.74) is -0.960. The molecule has 0 aliphatic heterocycles. The molecule has 2 heterocycles. The minimum Gasteiger partial charge on any atom is -0.321 e. The average Bonchev–Trinajstić information content (AvgIpc) is 3.23. The molecule has 12 heteroatoms. The highest BCUT2D eigenvalue weighted by molar-refractivity contribution is 7.94. The number of carbonyl (C=O) groups excluding carboxylic acids is 1. The van der Waals surface area contributed by atoms with Crippen LogP contribution < -0.4 is 10.0 Å². The fourth-order valence-electron chi connectivity index (χ4n) is 2.16. The Hall–Kier alpha value is -2.08. The number of halogens is 4. The van der Waals surface area contributed by atoms with Gasteiger partial charge in [0.1, 0.15) is 9.09 Å². The highest BCUT2D eigenvalue weighted by Crippen LogP contribution is 2.32. The molecular weight excluding hydrogens is 457 g/mol. The van der Waals surface area contributed by atoms with E-state index in [-0.39, 0.29) is 24.8 Å². The Kier molecular flexibility index (Phi) is 5.71. The van der Waals surface area contributed by atoms with E-state index in [9.17, 15) is 26.4 Å². The fraction of sp³-hybridized carbons (Fsp3) is 0.0625. The Morgan fingerprint density at radius 3 is 2.50 bits per heavy atom. The molecular formula is C16H10ClF3N2O3S3. The standard InChI is InChI=1S/C16H10ClF3N2O3S3/c17-12-4-5-13(27-12)28(24,25)22-11-6-7-26-14(11)15(23)21-10-3-1-2-9(8-10)16(18,19)20/h1-8,22H,(H,21,23). The SMILES string of the molecule is O=C(Nc1cccc(C(F)(F)F)c1)c1sccc1NS(=O)(=O)c1ccc(Cl)s1. The summed E-state index contributed by atoms with van der Waals surface area (Å²) >= 11 is 7.54. The van der Waals surface area contributed by atoms with Gasteiger partial charge in [0.05, 0.1) is 15.6 Å². The van der Waals surface area contributed by atoms with Gasteiger partial charge in [0, 0.05) is 5.69 Å². The van der Waals surface area contributed by atoms with E-state index in [2.05, 4.69) is 10.0 Å². The van der Waals surface area contributed by atoms with Crippen LogP contribution in [0.25, 0.3) is 0 Å². The van der Waals surface area contributed by atoms with Crippen molar-refractivity contribution >= 4 is 61.6 Å². The van der Waals surface area contributed by atoms with Gasteiger partial charge in [0.2, 0.25) is 0 Å². The highest BCUT2D eigenvalue weighted by atomic mass is 35.5. The van der Waals surface area contributed by atoms with E-state index < -0.39 is 27.7 Å². The van der Waals surface area contributed by atoms with Crippen molar-refractivity contribution in [2.75, 3.05) is 10.0 Å². The minimum atomic E-state index is -4.55. The topological polar surface area (TPSA) is 75.3 Å². The lowest BCUT2D eigenvalue weighted by Crippen LogP contribution is -2.16. The Balaban J connectivity index is 1.81. The highest BCUT2D eigenvalue weighted by Gasteiger charge is 2.30. The van der Waals surface area contributed by atoms with Gasteiger partial charge in [-0.2, -0.15) is 13.2 Å². The average molecular weight is 467 g/mol. The van der Waals surface area contributed by atoms with Crippen LogP contribution in [0.3, 0.4) is 0 Å². The first-order chi connectivity index (χ1) is 13.1. The van der Waals surface area contributed by atoms with Crippen molar-refractivity contribution < 1.29 is 26.4 Å². The third-order valence-electron chi connectivity index (χ3n) is 3.38. The third kappa shape index (κ3) is 4.66. The van der Waals surface area contributed by atoms with Gasteiger partial charge in [0.15, 0.2) is 0 Å². The second-order valence-corrected chi connectivity index (χ2v) is 9.90. The lowest BCUT2D eigenvalue weighted by Gasteiger charge is -2.11. The second-order valence-electron chi connectivity index (χ2n) is 5.36. The number of sulfonamides is 1. The molecule has 0 saturated heterocycles. The third-order valence-corrected chi connectivity index (χ3v) is 7.38. The molecule has 0 fully saturated rings. The summed E-state index contributed by atoms with van der Waals surface area (Å²) in [6.07, 6.45) is -4.55. The van der Waals surface area contributed by atoms with E-state index in [1.54, 1.807) is 0 Å². The summed E-state index contributed by atoms with van der Waals surface area (Å²) in [5.74, 6) is -0.740. The van der Waals surface area contributed by atoms with Crippen LogP contribution in [0.2, 0.25) is 4.34 Å². The molecule has 28 heavy (non-hydrogen) atoms. The number of benzene rings is 1. The molecule has 0 bridgehead atoms. The van der Waals surface area contributed by atoms with E-state index in [1.807, 2.05) is 0 Å². The van der Waals surface area contributed by atoms with E-state index in [1.165, 1.54) is 29.6 Å². The number of hydrogen-bond acceptors (Lipinski definition) is 5. The van der Waals surface area contributed by atoms with Gasteiger partial charge in [-0.3, -0.25) is 9.52 Å². The van der Waals surface area contributed by atoms with Crippen LogP contribution in [-0.2, 0) is 16.2 Å². The normalized spacial score (nSPS) is 12.0. The smallest absolute Gasteiger partial charge is 0.321 e. The Bertz CT molecular complexity index is 1120. The van der Waals surface area contributed by atoms with Crippen LogP contribution in [0.1, 0.15) is 15.2 Å². The van der Waals surface area contributed by atoms with Crippen molar-refractivity contribution in [2.45, 2.75) is 10.4 Å². The summed E-state index contributed by atoms with van der Waals surface area (Å²) in [6, 6.07) is 8.28. The number of amides is 1.